The fourth-order valence-electron chi connectivity index (χ4n) is 2.82. The van der Waals surface area contributed by atoms with Crippen LogP contribution < -0.4 is 19.6 Å². The normalized spacial score (nSPS) is 11.3. The van der Waals surface area contributed by atoms with Gasteiger partial charge in [-0.1, -0.05) is 11.6 Å². The highest BCUT2D eigenvalue weighted by Gasteiger charge is 2.21. The van der Waals surface area contributed by atoms with Crippen molar-refractivity contribution in [1.82, 2.24) is 0 Å². The summed E-state index contributed by atoms with van der Waals surface area (Å²) in [5.74, 6) is 0.110. The molecule has 0 aliphatic rings. The second-order valence-corrected chi connectivity index (χ2v) is 8.81. The highest BCUT2D eigenvalue weighted by atomic mass is 35.5. The number of nitro groups is 1. The Balaban J connectivity index is 1.85. The predicted octanol–water partition coefficient (Wildman–Crippen LogP) is 4.22. The number of phenols is 1. The van der Waals surface area contributed by atoms with Crippen molar-refractivity contribution in [3.63, 3.8) is 0 Å². The number of anilines is 2. The third kappa shape index (κ3) is 5.66. The number of hydrazone groups is 1. The van der Waals surface area contributed by atoms with Crippen molar-refractivity contribution >= 4 is 44.9 Å². The van der Waals surface area contributed by atoms with Gasteiger partial charge in [0.05, 0.1) is 30.3 Å². The van der Waals surface area contributed by atoms with Crippen LogP contribution in [-0.2, 0) is 10.0 Å². The van der Waals surface area contributed by atoms with E-state index in [9.17, 15) is 23.6 Å². The van der Waals surface area contributed by atoms with Crippen molar-refractivity contribution in [3.8, 4) is 17.2 Å². The maximum atomic E-state index is 12.7. The first-order chi connectivity index (χ1) is 16.1. The van der Waals surface area contributed by atoms with Crippen LogP contribution in [0.1, 0.15) is 5.56 Å². The number of benzene rings is 3. The van der Waals surface area contributed by atoms with Gasteiger partial charge in [-0.15, -0.1) is 0 Å². The first-order valence-corrected chi connectivity index (χ1v) is 11.3. The van der Waals surface area contributed by atoms with E-state index in [2.05, 4.69) is 15.2 Å². The van der Waals surface area contributed by atoms with Crippen LogP contribution in [0.25, 0.3) is 0 Å². The Hall–Kier alpha value is -4.03. The molecule has 11 nitrogen and oxygen atoms in total. The molecular formula is C21H19ClN4O7S. The average Bonchev–Trinajstić information content (AvgIpc) is 2.81. The van der Waals surface area contributed by atoms with Gasteiger partial charge < -0.3 is 14.6 Å². The zero-order valence-electron chi connectivity index (χ0n) is 17.9. The van der Waals surface area contributed by atoms with Gasteiger partial charge in [0.1, 0.15) is 5.69 Å². The molecule has 0 saturated heterocycles. The molecule has 0 radical (unpaired) electrons. The molecule has 0 atom stereocenters. The predicted molar refractivity (Wildman–Crippen MR) is 128 cm³/mol. The van der Waals surface area contributed by atoms with Crippen LogP contribution in [0.3, 0.4) is 0 Å². The summed E-state index contributed by atoms with van der Waals surface area (Å²) in [6, 6.07) is 12.3. The van der Waals surface area contributed by atoms with E-state index in [1.807, 2.05) is 0 Å². The minimum absolute atomic E-state index is 0.0376. The van der Waals surface area contributed by atoms with E-state index in [-0.39, 0.29) is 33.5 Å². The van der Waals surface area contributed by atoms with Crippen molar-refractivity contribution in [2.75, 3.05) is 24.4 Å². The number of rotatable bonds is 9. The topological polar surface area (TPSA) is 152 Å². The lowest BCUT2D eigenvalue weighted by atomic mass is 10.2. The number of nitrogens with one attached hydrogen (secondary N) is 2. The maximum Gasteiger partial charge on any atom is 0.295 e. The lowest BCUT2D eigenvalue weighted by Crippen LogP contribution is -2.13. The Morgan fingerprint density at radius 3 is 2.24 bits per heavy atom. The number of nitro benzene ring substituents is 1. The molecule has 13 heteroatoms. The molecule has 0 saturated carbocycles. The number of nitrogens with zero attached hydrogens (tertiary/aromatic N) is 2. The summed E-state index contributed by atoms with van der Waals surface area (Å²) in [5.41, 5.74) is 2.70. The Bertz CT molecular complexity index is 1320. The van der Waals surface area contributed by atoms with Crippen LogP contribution in [0.4, 0.5) is 17.1 Å². The van der Waals surface area contributed by atoms with Crippen LogP contribution in [-0.4, -0.2) is 38.9 Å². The quantitative estimate of drug-likeness (QED) is 0.221. The van der Waals surface area contributed by atoms with Gasteiger partial charge in [-0.3, -0.25) is 20.3 Å². The summed E-state index contributed by atoms with van der Waals surface area (Å²) in [6.07, 6.45) is 1.32. The van der Waals surface area contributed by atoms with Gasteiger partial charge in [0.2, 0.25) is 5.75 Å². The van der Waals surface area contributed by atoms with E-state index in [0.29, 0.717) is 10.6 Å². The molecule has 0 heterocycles. The van der Waals surface area contributed by atoms with E-state index in [1.54, 1.807) is 0 Å². The number of methoxy groups -OCH3 is 2. The molecule has 0 amide bonds. The molecule has 0 aliphatic heterocycles. The van der Waals surface area contributed by atoms with E-state index >= 15 is 0 Å². The van der Waals surface area contributed by atoms with Crippen LogP contribution in [0.15, 0.2) is 64.6 Å². The van der Waals surface area contributed by atoms with E-state index in [1.165, 1.54) is 69.0 Å². The van der Waals surface area contributed by atoms with Gasteiger partial charge >= 0.3 is 0 Å². The molecule has 34 heavy (non-hydrogen) atoms. The lowest BCUT2D eigenvalue weighted by Gasteiger charge is -2.10. The minimum Gasteiger partial charge on any atom is -0.502 e. The van der Waals surface area contributed by atoms with Gasteiger partial charge in [-0.2, -0.15) is 5.10 Å². The second kappa shape index (κ2) is 10.3. The number of phenolic OH excluding ortho intramolecular Hbond substituents is 1. The number of hydrogen-bond donors (Lipinski definition) is 3. The van der Waals surface area contributed by atoms with Gasteiger partial charge in [-0.25, -0.2) is 8.42 Å². The summed E-state index contributed by atoms with van der Waals surface area (Å²) < 4.78 is 37.8. The van der Waals surface area contributed by atoms with Crippen LogP contribution >= 0.6 is 11.6 Å². The molecule has 3 aromatic carbocycles. The van der Waals surface area contributed by atoms with E-state index < -0.39 is 20.6 Å². The highest BCUT2D eigenvalue weighted by Crippen LogP contribution is 2.36. The number of hydrogen-bond acceptors (Lipinski definition) is 9. The molecule has 178 valence electrons. The van der Waals surface area contributed by atoms with Gasteiger partial charge in [0.25, 0.3) is 15.7 Å². The van der Waals surface area contributed by atoms with Crippen LogP contribution in [0.2, 0.25) is 5.02 Å². The monoisotopic (exact) mass is 506 g/mol. The first-order valence-electron chi connectivity index (χ1n) is 9.45. The van der Waals surface area contributed by atoms with E-state index in [0.717, 1.165) is 6.07 Å². The van der Waals surface area contributed by atoms with Crippen molar-refractivity contribution < 1.29 is 27.9 Å². The smallest absolute Gasteiger partial charge is 0.295 e. The van der Waals surface area contributed by atoms with Crippen molar-refractivity contribution in [2.24, 2.45) is 5.10 Å². The molecule has 3 aromatic rings. The Kier molecular flexibility index (Phi) is 7.44. The summed E-state index contributed by atoms with van der Waals surface area (Å²) in [7, 11) is -1.36. The SMILES string of the molecule is COc1cc(C=NNc2ccc(S(=O)(=O)Nc3ccc(Cl)cc3)cc2[N+](=O)[O-])cc(OC)c1O. The lowest BCUT2D eigenvalue weighted by molar-refractivity contribution is -0.384. The van der Waals surface area contributed by atoms with Crippen LogP contribution in [0, 0.1) is 10.1 Å². The molecule has 0 fully saturated rings. The molecule has 3 N–H and O–H groups in total. The zero-order valence-corrected chi connectivity index (χ0v) is 19.4. The third-order valence-electron chi connectivity index (χ3n) is 4.47. The molecular weight excluding hydrogens is 488 g/mol. The fourth-order valence-corrected chi connectivity index (χ4v) is 4.03. The number of halogens is 1. The standard InChI is InChI=1S/C21H19ClN4O7S/c1-32-19-9-13(10-20(33-2)21(19)27)12-23-24-17-8-7-16(11-18(17)26(28)29)34(30,31)25-15-5-3-14(22)4-6-15/h3-12,24-25,27H,1-2H3. The number of aromatic hydroxyl groups is 1. The summed E-state index contributed by atoms with van der Waals surface area (Å²) in [6.45, 7) is 0. The molecule has 0 bridgehead atoms. The van der Waals surface area contributed by atoms with Crippen molar-refractivity contribution in [2.45, 2.75) is 4.90 Å². The van der Waals surface area contributed by atoms with Gasteiger partial charge in [0, 0.05) is 22.3 Å². The second-order valence-electron chi connectivity index (χ2n) is 6.69. The van der Waals surface area contributed by atoms with E-state index in [4.69, 9.17) is 21.1 Å². The molecule has 3 rings (SSSR count). The van der Waals surface area contributed by atoms with Gasteiger partial charge in [-0.05, 0) is 48.5 Å². The summed E-state index contributed by atoms with van der Waals surface area (Å²) in [4.78, 5) is 10.5. The third-order valence-corrected chi connectivity index (χ3v) is 6.10. The van der Waals surface area contributed by atoms with Gasteiger partial charge in [0.15, 0.2) is 11.5 Å². The first kappa shape index (κ1) is 24.6. The molecule has 0 aliphatic carbocycles. The summed E-state index contributed by atoms with van der Waals surface area (Å²) >= 11 is 5.80. The molecule has 0 aromatic heterocycles. The zero-order chi connectivity index (χ0) is 24.9. The average molecular weight is 507 g/mol. The highest BCUT2D eigenvalue weighted by molar-refractivity contribution is 7.92. The van der Waals surface area contributed by atoms with Crippen molar-refractivity contribution in [3.05, 3.63) is 75.3 Å². The Labute approximate surface area is 199 Å². The minimum atomic E-state index is -4.10. The van der Waals surface area contributed by atoms with Crippen LogP contribution in [0.5, 0.6) is 17.2 Å². The maximum absolute atomic E-state index is 12.7. The molecule has 0 unspecified atom stereocenters. The molecule has 0 spiro atoms. The Morgan fingerprint density at radius 2 is 1.68 bits per heavy atom. The number of sulfonamides is 1. The Morgan fingerprint density at radius 1 is 1.06 bits per heavy atom. The number of ether oxygens (including phenoxy) is 2. The largest absolute Gasteiger partial charge is 0.502 e. The summed E-state index contributed by atoms with van der Waals surface area (Å²) in [5, 5.41) is 25.9. The van der Waals surface area contributed by atoms with Crippen molar-refractivity contribution in [1.29, 1.82) is 0 Å². The fraction of sp³-hybridized carbons (Fsp3) is 0.0952.